The van der Waals surface area contributed by atoms with Gasteiger partial charge in [0.2, 0.25) is 0 Å². The Morgan fingerprint density at radius 1 is 1.56 bits per heavy atom. The van der Waals surface area contributed by atoms with Crippen LogP contribution in [0.15, 0.2) is 16.6 Å². The molecule has 0 radical (unpaired) electrons. The van der Waals surface area contributed by atoms with Gasteiger partial charge >= 0.3 is 0 Å². The SMILES string of the molecule is Cc1nc(Cl)sc1S(=O)(=O)NCCn1ccnn1. The molecule has 0 fully saturated rings. The normalized spacial score (nSPS) is 11.9. The average Bonchev–Trinajstić information content (AvgIpc) is 2.88. The molecule has 0 atom stereocenters. The number of nitrogens with one attached hydrogen (secondary N) is 1. The first-order valence-electron chi connectivity index (χ1n) is 4.96. The van der Waals surface area contributed by atoms with Gasteiger partial charge in [-0.25, -0.2) is 18.1 Å². The van der Waals surface area contributed by atoms with Gasteiger partial charge in [0.1, 0.15) is 0 Å². The highest BCUT2D eigenvalue weighted by Crippen LogP contribution is 2.26. The van der Waals surface area contributed by atoms with Crippen LogP contribution in [0, 0.1) is 6.92 Å². The highest BCUT2D eigenvalue weighted by molar-refractivity contribution is 7.91. The molecule has 2 rings (SSSR count). The number of hydrogen-bond acceptors (Lipinski definition) is 6. The Morgan fingerprint density at radius 3 is 2.89 bits per heavy atom. The van der Waals surface area contributed by atoms with E-state index in [-0.39, 0.29) is 15.2 Å². The molecule has 0 aliphatic carbocycles. The molecule has 0 aliphatic heterocycles. The summed E-state index contributed by atoms with van der Waals surface area (Å²) < 4.78 is 28.3. The zero-order valence-corrected chi connectivity index (χ0v) is 11.8. The summed E-state index contributed by atoms with van der Waals surface area (Å²) in [6, 6.07) is 0. The lowest BCUT2D eigenvalue weighted by Gasteiger charge is -2.04. The van der Waals surface area contributed by atoms with Crippen molar-refractivity contribution in [1.29, 1.82) is 0 Å². The molecule has 0 aromatic carbocycles. The molecule has 18 heavy (non-hydrogen) atoms. The molecule has 98 valence electrons. The van der Waals surface area contributed by atoms with E-state index in [1.165, 1.54) is 10.9 Å². The Kier molecular flexibility index (Phi) is 3.95. The summed E-state index contributed by atoms with van der Waals surface area (Å²) in [5.74, 6) is 0. The maximum atomic E-state index is 12.0. The van der Waals surface area contributed by atoms with E-state index in [0.717, 1.165) is 11.3 Å². The summed E-state index contributed by atoms with van der Waals surface area (Å²) >= 11 is 6.62. The van der Waals surface area contributed by atoms with Gasteiger partial charge in [0.25, 0.3) is 10.0 Å². The number of halogens is 1. The van der Waals surface area contributed by atoms with Crippen LogP contribution >= 0.6 is 22.9 Å². The molecule has 7 nitrogen and oxygen atoms in total. The van der Waals surface area contributed by atoms with E-state index in [2.05, 4.69) is 20.0 Å². The van der Waals surface area contributed by atoms with Crippen LogP contribution in [0.3, 0.4) is 0 Å². The van der Waals surface area contributed by atoms with Gasteiger partial charge < -0.3 is 0 Å². The molecule has 2 heterocycles. The molecule has 0 unspecified atom stereocenters. The fourth-order valence-electron chi connectivity index (χ4n) is 1.31. The van der Waals surface area contributed by atoms with Crippen molar-refractivity contribution in [2.75, 3.05) is 6.54 Å². The summed E-state index contributed by atoms with van der Waals surface area (Å²) in [6.07, 6.45) is 3.19. The number of aromatic nitrogens is 4. The van der Waals surface area contributed by atoms with Crippen molar-refractivity contribution >= 4 is 33.0 Å². The van der Waals surface area contributed by atoms with E-state index < -0.39 is 10.0 Å². The number of sulfonamides is 1. The second kappa shape index (κ2) is 5.31. The van der Waals surface area contributed by atoms with E-state index >= 15 is 0 Å². The molecule has 0 saturated heterocycles. The van der Waals surface area contributed by atoms with Gasteiger partial charge in [0.05, 0.1) is 18.4 Å². The molecule has 0 aliphatic rings. The topological polar surface area (TPSA) is 89.8 Å². The Labute approximate surface area is 113 Å². The highest BCUT2D eigenvalue weighted by Gasteiger charge is 2.20. The van der Waals surface area contributed by atoms with Crippen molar-refractivity contribution in [3.63, 3.8) is 0 Å². The maximum absolute atomic E-state index is 12.0. The number of aryl methyl sites for hydroxylation is 1. The van der Waals surface area contributed by atoms with Crippen LogP contribution in [0.5, 0.6) is 0 Å². The summed E-state index contributed by atoms with van der Waals surface area (Å²) in [5.41, 5.74) is 0.401. The first kappa shape index (κ1) is 13.4. The van der Waals surface area contributed by atoms with E-state index in [9.17, 15) is 8.42 Å². The zero-order chi connectivity index (χ0) is 13.2. The third-order valence-electron chi connectivity index (χ3n) is 2.08. The van der Waals surface area contributed by atoms with Crippen LogP contribution in [0.2, 0.25) is 4.47 Å². The molecule has 0 spiro atoms. The number of hydrogen-bond donors (Lipinski definition) is 1. The predicted octanol–water partition coefficient (Wildman–Crippen LogP) is 0.675. The minimum atomic E-state index is -3.56. The molecule has 2 aromatic heterocycles. The van der Waals surface area contributed by atoms with Gasteiger partial charge in [-0.05, 0) is 6.92 Å². The van der Waals surface area contributed by atoms with Crippen molar-refractivity contribution in [1.82, 2.24) is 24.7 Å². The molecule has 0 amide bonds. The van der Waals surface area contributed by atoms with Crippen LogP contribution in [0.4, 0.5) is 0 Å². The molecule has 1 N–H and O–H groups in total. The second-order valence-corrected chi connectivity index (χ2v) is 6.95. The minimum Gasteiger partial charge on any atom is -0.251 e. The Bertz CT molecular complexity index is 622. The predicted molar refractivity (Wildman–Crippen MR) is 67.1 cm³/mol. The summed E-state index contributed by atoms with van der Waals surface area (Å²) in [7, 11) is -3.56. The molecule has 0 saturated carbocycles. The van der Waals surface area contributed by atoms with Crippen LogP contribution in [-0.4, -0.2) is 34.9 Å². The lowest BCUT2D eigenvalue weighted by Crippen LogP contribution is -2.27. The molecule has 0 bridgehead atoms. The lowest BCUT2D eigenvalue weighted by molar-refractivity contribution is 0.553. The van der Waals surface area contributed by atoms with E-state index in [1.807, 2.05) is 0 Å². The van der Waals surface area contributed by atoms with Gasteiger partial charge in [-0.15, -0.1) is 5.10 Å². The third kappa shape index (κ3) is 3.05. The monoisotopic (exact) mass is 307 g/mol. The number of rotatable bonds is 5. The van der Waals surface area contributed by atoms with Crippen molar-refractivity contribution in [3.05, 3.63) is 22.6 Å². The van der Waals surface area contributed by atoms with Gasteiger partial charge in [0, 0.05) is 12.7 Å². The van der Waals surface area contributed by atoms with Crippen molar-refractivity contribution in [3.8, 4) is 0 Å². The third-order valence-corrected chi connectivity index (χ3v) is 5.41. The molecular weight excluding hydrogens is 298 g/mol. The van der Waals surface area contributed by atoms with Gasteiger partial charge in [-0.3, -0.25) is 4.68 Å². The standard InChI is InChI=1S/C8H10ClN5O2S2/c1-6-7(17-8(9)12-6)18(15,16)11-3-5-14-4-2-10-13-14/h2,4,11H,3,5H2,1H3. The summed E-state index contributed by atoms with van der Waals surface area (Å²) in [5, 5.41) is 7.35. The van der Waals surface area contributed by atoms with Gasteiger partial charge in [-0.2, -0.15) is 0 Å². The van der Waals surface area contributed by atoms with E-state index in [4.69, 9.17) is 11.6 Å². The quantitative estimate of drug-likeness (QED) is 0.877. The highest BCUT2D eigenvalue weighted by atomic mass is 35.5. The van der Waals surface area contributed by atoms with E-state index in [1.54, 1.807) is 13.1 Å². The van der Waals surface area contributed by atoms with Crippen LogP contribution in [0.1, 0.15) is 5.69 Å². The van der Waals surface area contributed by atoms with Crippen molar-refractivity contribution in [2.45, 2.75) is 17.7 Å². The summed E-state index contributed by atoms with van der Waals surface area (Å²) in [4.78, 5) is 3.87. The first-order chi connectivity index (χ1) is 8.49. The van der Waals surface area contributed by atoms with Crippen LogP contribution in [0.25, 0.3) is 0 Å². The Hall–Kier alpha value is -1.03. The van der Waals surface area contributed by atoms with Gasteiger partial charge in [-0.1, -0.05) is 28.2 Å². The number of thiazole rings is 1. The first-order valence-corrected chi connectivity index (χ1v) is 7.63. The minimum absolute atomic E-state index is 0.145. The number of nitrogens with zero attached hydrogens (tertiary/aromatic N) is 4. The smallest absolute Gasteiger partial charge is 0.251 e. The fourth-order valence-corrected chi connectivity index (χ4v) is 4.11. The van der Waals surface area contributed by atoms with Crippen LogP contribution < -0.4 is 4.72 Å². The lowest BCUT2D eigenvalue weighted by atomic mass is 10.6. The van der Waals surface area contributed by atoms with Crippen molar-refractivity contribution < 1.29 is 8.42 Å². The molecule has 2 aromatic rings. The second-order valence-electron chi connectivity index (χ2n) is 3.40. The Balaban J connectivity index is 2.02. The molecule has 10 heteroatoms. The maximum Gasteiger partial charge on any atom is 0.252 e. The fraction of sp³-hybridized carbons (Fsp3) is 0.375. The molecular formula is C8H10ClN5O2S2. The average molecular weight is 308 g/mol. The summed E-state index contributed by atoms with van der Waals surface area (Å²) in [6.45, 7) is 2.24. The zero-order valence-electron chi connectivity index (χ0n) is 9.37. The van der Waals surface area contributed by atoms with Crippen LogP contribution in [-0.2, 0) is 16.6 Å². The van der Waals surface area contributed by atoms with Crippen molar-refractivity contribution in [2.24, 2.45) is 0 Å². The largest absolute Gasteiger partial charge is 0.252 e. The Morgan fingerprint density at radius 2 is 2.33 bits per heavy atom. The van der Waals surface area contributed by atoms with E-state index in [0.29, 0.717) is 12.2 Å². The van der Waals surface area contributed by atoms with Gasteiger partial charge in [0.15, 0.2) is 8.68 Å².